The van der Waals surface area contributed by atoms with Gasteiger partial charge in [0, 0.05) is 6.07 Å². The highest BCUT2D eigenvalue weighted by Gasteiger charge is 2.22. The molecule has 0 radical (unpaired) electrons. The highest BCUT2D eigenvalue weighted by Crippen LogP contribution is 2.39. The predicted molar refractivity (Wildman–Crippen MR) is 144 cm³/mol. The molecule has 0 amide bonds. The fourth-order valence-electron chi connectivity index (χ4n) is 3.03. The number of phenolic OH excluding ortho intramolecular Hbond substituents is 1. The Labute approximate surface area is 242 Å². The molecule has 0 fully saturated rings. The van der Waals surface area contributed by atoms with Crippen LogP contribution in [-0.4, -0.2) is 57.1 Å². The van der Waals surface area contributed by atoms with E-state index in [0.717, 1.165) is 30.3 Å². The first kappa shape index (κ1) is 32.9. The van der Waals surface area contributed by atoms with Crippen LogP contribution in [0.25, 0.3) is 0 Å². The lowest BCUT2D eigenvalue weighted by Crippen LogP contribution is -2.12. The first-order valence-corrected chi connectivity index (χ1v) is 16.0. The lowest BCUT2D eigenvalue weighted by Gasteiger charge is -2.08. The van der Waals surface area contributed by atoms with Crippen molar-refractivity contribution in [3.8, 4) is 5.75 Å². The standard InChI is InChI=1S/C20H19N5O13S4/c21-13-10-18(26)17(25-22-14-3-1-2-4-19(14)41(30,31)32)11-16(13)24-23-15-6-5-12(9-20(15)42(33,34)35)40(28,29)8-7-36-39-38-37-27/h1-6,9-11,26-27H,7-8,21H2,(H,30,31,32)(H,33,34,35)/b24-23+,25-22+. The van der Waals surface area contributed by atoms with E-state index in [1.54, 1.807) is 0 Å². The molecule has 0 saturated heterocycles. The van der Waals surface area contributed by atoms with E-state index < -0.39 is 68.6 Å². The van der Waals surface area contributed by atoms with Gasteiger partial charge in [0.25, 0.3) is 20.2 Å². The van der Waals surface area contributed by atoms with Gasteiger partial charge in [0.05, 0.1) is 22.9 Å². The lowest BCUT2D eigenvalue weighted by molar-refractivity contribution is -0.434. The topological polar surface area (TPSA) is 286 Å². The van der Waals surface area contributed by atoms with Crippen LogP contribution in [0.15, 0.2) is 89.7 Å². The molecule has 3 aromatic carbocycles. The number of hydrogen-bond acceptors (Lipinski definition) is 17. The van der Waals surface area contributed by atoms with E-state index in [2.05, 4.69) is 34.0 Å². The second-order valence-electron chi connectivity index (χ2n) is 7.70. The normalized spacial score (nSPS) is 12.8. The first-order chi connectivity index (χ1) is 19.6. The van der Waals surface area contributed by atoms with Crippen LogP contribution in [0.4, 0.5) is 28.4 Å². The van der Waals surface area contributed by atoms with Crippen LogP contribution < -0.4 is 5.73 Å². The SMILES string of the molecule is Nc1cc(O)c(/N=N/c2ccccc2S(=O)(=O)O)cc1/N=N/c1ccc(S(=O)(=O)CCOSOOO)cc1S(=O)(=O)O. The number of aromatic hydroxyl groups is 1. The predicted octanol–water partition coefficient (Wildman–Crippen LogP) is 4.07. The van der Waals surface area contributed by atoms with E-state index >= 15 is 0 Å². The molecule has 6 N–H and O–H groups in total. The number of nitrogens with zero attached hydrogens (tertiary/aromatic N) is 4. The van der Waals surface area contributed by atoms with Crippen LogP contribution in [0.3, 0.4) is 0 Å². The van der Waals surface area contributed by atoms with Crippen molar-refractivity contribution in [2.75, 3.05) is 18.1 Å². The van der Waals surface area contributed by atoms with Crippen LogP contribution in [-0.2, 0) is 43.6 Å². The van der Waals surface area contributed by atoms with Crippen molar-refractivity contribution in [3.05, 3.63) is 54.6 Å². The van der Waals surface area contributed by atoms with Gasteiger partial charge in [0.2, 0.25) is 0 Å². The second kappa shape index (κ2) is 13.6. The van der Waals surface area contributed by atoms with E-state index in [0.29, 0.717) is 6.07 Å². The van der Waals surface area contributed by atoms with Gasteiger partial charge in [-0.25, -0.2) is 13.7 Å². The Bertz CT molecular complexity index is 1850. The molecule has 226 valence electrons. The maximum Gasteiger partial charge on any atom is 0.296 e. The summed E-state index contributed by atoms with van der Waals surface area (Å²) in [5.74, 6) is -1.16. The molecule has 0 aliphatic heterocycles. The van der Waals surface area contributed by atoms with Crippen LogP contribution in [0, 0.1) is 0 Å². The third kappa shape index (κ3) is 8.71. The minimum absolute atomic E-state index is 0.137. The summed E-state index contributed by atoms with van der Waals surface area (Å²) >= 11 is 0.137. The zero-order valence-electron chi connectivity index (χ0n) is 20.6. The molecule has 0 bridgehead atoms. The Morgan fingerprint density at radius 2 is 1.36 bits per heavy atom. The van der Waals surface area contributed by atoms with E-state index in [9.17, 15) is 39.5 Å². The van der Waals surface area contributed by atoms with Crippen LogP contribution in [0.1, 0.15) is 0 Å². The summed E-state index contributed by atoms with van der Waals surface area (Å²) in [7, 11) is -13.8. The third-order valence-corrected chi connectivity index (χ3v) is 8.75. The largest absolute Gasteiger partial charge is 0.506 e. The number of phenols is 1. The molecule has 0 atom stereocenters. The molecule has 0 aromatic heterocycles. The van der Waals surface area contributed by atoms with Crippen molar-refractivity contribution in [1.82, 2.24) is 0 Å². The smallest absolute Gasteiger partial charge is 0.296 e. The van der Waals surface area contributed by atoms with E-state index in [1.165, 1.54) is 18.2 Å². The molecule has 0 spiro atoms. The maximum atomic E-state index is 12.5. The highest BCUT2D eigenvalue weighted by molar-refractivity contribution is 7.91. The molecule has 0 aliphatic rings. The van der Waals surface area contributed by atoms with E-state index in [-0.39, 0.29) is 35.1 Å². The molecule has 3 aromatic rings. The van der Waals surface area contributed by atoms with E-state index in [1.807, 2.05) is 0 Å². The number of anilines is 1. The van der Waals surface area contributed by atoms with Crippen LogP contribution >= 0.6 is 12.3 Å². The summed E-state index contributed by atoms with van der Waals surface area (Å²) in [4.78, 5) is -1.98. The van der Waals surface area contributed by atoms with Crippen molar-refractivity contribution in [2.45, 2.75) is 14.7 Å². The van der Waals surface area contributed by atoms with Gasteiger partial charge in [0.15, 0.2) is 22.2 Å². The molecule has 0 saturated carbocycles. The maximum absolute atomic E-state index is 12.5. The van der Waals surface area contributed by atoms with Gasteiger partial charge >= 0.3 is 0 Å². The number of nitrogens with two attached hydrogens (primary N) is 1. The monoisotopic (exact) mass is 665 g/mol. The number of rotatable bonds is 13. The van der Waals surface area contributed by atoms with Gasteiger partial charge in [-0.15, -0.1) is 24.8 Å². The van der Waals surface area contributed by atoms with Gasteiger partial charge in [-0.2, -0.15) is 16.8 Å². The van der Waals surface area contributed by atoms with E-state index in [4.69, 9.17) is 11.0 Å². The molecule has 42 heavy (non-hydrogen) atoms. The number of nitrogen functional groups attached to an aromatic ring is 1. The van der Waals surface area contributed by atoms with Gasteiger partial charge in [-0.3, -0.25) is 13.3 Å². The fraction of sp³-hybridized carbons (Fsp3) is 0.100. The molecule has 0 unspecified atom stereocenters. The number of benzene rings is 3. The van der Waals surface area contributed by atoms with Gasteiger partial charge in [-0.05, 0) is 36.4 Å². The number of sulfone groups is 1. The summed E-state index contributed by atoms with van der Waals surface area (Å²) in [5.41, 5.74) is 4.44. The summed E-state index contributed by atoms with van der Waals surface area (Å²) in [6.45, 7) is -0.458. The molecule has 0 heterocycles. The quantitative estimate of drug-likeness (QED) is 0.0327. The van der Waals surface area contributed by atoms with Gasteiger partial charge < -0.3 is 10.8 Å². The summed E-state index contributed by atoms with van der Waals surface area (Å²) in [6, 6.07) is 9.70. The second-order valence-corrected chi connectivity index (χ2v) is 13.1. The van der Waals surface area contributed by atoms with Crippen molar-refractivity contribution >= 4 is 70.8 Å². The summed E-state index contributed by atoms with van der Waals surface area (Å²) in [6.07, 6.45) is 0. The molecule has 18 nitrogen and oxygen atoms in total. The number of azo groups is 2. The number of hydrogen-bond donors (Lipinski definition) is 5. The lowest BCUT2D eigenvalue weighted by atomic mass is 10.2. The van der Waals surface area contributed by atoms with Crippen molar-refractivity contribution in [3.63, 3.8) is 0 Å². The Balaban J connectivity index is 1.94. The molecule has 22 heteroatoms. The third-order valence-electron chi connectivity index (χ3n) is 4.91. The highest BCUT2D eigenvalue weighted by atomic mass is 32.2. The summed E-state index contributed by atoms with van der Waals surface area (Å²) < 4.78 is 99.8. The Morgan fingerprint density at radius 1 is 0.762 bits per heavy atom. The minimum atomic E-state index is -5.03. The average Bonchev–Trinajstić information content (AvgIpc) is 2.91. The fourth-order valence-corrected chi connectivity index (χ4v) is 5.81. The van der Waals surface area contributed by atoms with Crippen molar-refractivity contribution < 1.29 is 58.3 Å². The summed E-state index contributed by atoms with van der Waals surface area (Å²) in [5, 5.41) is 36.4. The minimum Gasteiger partial charge on any atom is -0.506 e. The Kier molecular flexibility index (Phi) is 10.7. The van der Waals surface area contributed by atoms with Crippen LogP contribution in [0.5, 0.6) is 5.75 Å². The molecular formula is C20H19N5O13S4. The zero-order valence-corrected chi connectivity index (χ0v) is 23.8. The molecular weight excluding hydrogens is 647 g/mol. The van der Waals surface area contributed by atoms with Crippen molar-refractivity contribution in [2.24, 2.45) is 20.5 Å². The average molecular weight is 666 g/mol. The Hall–Kier alpha value is -3.58. The molecule has 3 rings (SSSR count). The zero-order chi connectivity index (χ0) is 31.1. The molecule has 0 aliphatic carbocycles. The van der Waals surface area contributed by atoms with Gasteiger partial charge in [0.1, 0.15) is 38.3 Å². The van der Waals surface area contributed by atoms with Gasteiger partial charge in [-0.1, -0.05) is 17.2 Å². The van der Waals surface area contributed by atoms with Crippen molar-refractivity contribution in [1.29, 1.82) is 0 Å². The Morgan fingerprint density at radius 3 is 2.00 bits per heavy atom. The van der Waals surface area contributed by atoms with Crippen LogP contribution in [0.2, 0.25) is 0 Å². The first-order valence-electron chi connectivity index (χ1n) is 10.8.